The molecule has 1 spiro atoms. The molecule has 0 unspecified atom stereocenters. The molecular weight excluding hydrogens is 246 g/mol. The lowest BCUT2D eigenvalue weighted by Crippen LogP contribution is -2.66. The third-order valence-electron chi connectivity index (χ3n) is 4.14. The number of methoxy groups -OCH3 is 1. The molecule has 5 heteroatoms. The van der Waals surface area contributed by atoms with Crippen LogP contribution in [0.2, 0.25) is 0 Å². The Morgan fingerprint density at radius 2 is 2.42 bits per heavy atom. The predicted molar refractivity (Wildman–Crippen MR) is 67.7 cm³/mol. The molecule has 1 amide bonds. The first kappa shape index (κ1) is 12.7. The number of likely N-dealkylation sites (tertiary alicyclic amines) is 1. The fourth-order valence-corrected chi connectivity index (χ4v) is 3.02. The van der Waals surface area contributed by atoms with Crippen LogP contribution < -0.4 is 0 Å². The summed E-state index contributed by atoms with van der Waals surface area (Å²) in [6.45, 7) is 2.84. The molecule has 3 heterocycles. The Hall–Kier alpha value is -1.33. The molecule has 0 saturated carbocycles. The van der Waals surface area contributed by atoms with E-state index >= 15 is 0 Å². The smallest absolute Gasteiger partial charge is 0.230 e. The standard InChI is InChI=1S/C14H19NO4/c1-17-8-11-4-6-19-14(11)9-15(10-14)13(16)7-12-3-2-5-18-12/h2-3,5,11H,4,6-10H2,1H3/t11-/m0/s1. The highest BCUT2D eigenvalue weighted by molar-refractivity contribution is 5.79. The van der Waals surface area contributed by atoms with E-state index in [4.69, 9.17) is 13.9 Å². The van der Waals surface area contributed by atoms with Crippen molar-refractivity contribution in [2.75, 3.05) is 33.4 Å². The largest absolute Gasteiger partial charge is 0.469 e. The lowest BCUT2D eigenvalue weighted by atomic mass is 9.81. The zero-order valence-corrected chi connectivity index (χ0v) is 11.1. The number of furan rings is 1. The number of amides is 1. The zero-order chi connectivity index (χ0) is 13.3. The molecular formula is C14H19NO4. The Kier molecular flexibility index (Phi) is 3.33. The number of carbonyl (C=O) groups excluding carboxylic acids is 1. The number of ether oxygens (including phenoxy) is 2. The van der Waals surface area contributed by atoms with E-state index in [1.807, 2.05) is 11.0 Å². The van der Waals surface area contributed by atoms with Crippen LogP contribution >= 0.6 is 0 Å². The zero-order valence-electron chi connectivity index (χ0n) is 11.1. The second-order valence-electron chi connectivity index (χ2n) is 5.36. The molecule has 0 N–H and O–H groups in total. The van der Waals surface area contributed by atoms with Crippen molar-refractivity contribution in [3.8, 4) is 0 Å². The maximum atomic E-state index is 12.1. The molecule has 0 radical (unpaired) electrons. The molecule has 1 atom stereocenters. The predicted octanol–water partition coefficient (Wildman–Crippen LogP) is 1.09. The summed E-state index contributed by atoms with van der Waals surface area (Å²) < 4.78 is 16.3. The van der Waals surface area contributed by atoms with Crippen molar-refractivity contribution in [1.29, 1.82) is 0 Å². The van der Waals surface area contributed by atoms with E-state index in [2.05, 4.69) is 0 Å². The van der Waals surface area contributed by atoms with Crippen molar-refractivity contribution >= 4 is 5.91 Å². The van der Waals surface area contributed by atoms with Crippen LogP contribution in [0.5, 0.6) is 0 Å². The van der Waals surface area contributed by atoms with Gasteiger partial charge in [0.25, 0.3) is 0 Å². The average molecular weight is 265 g/mol. The van der Waals surface area contributed by atoms with E-state index in [0.29, 0.717) is 37.8 Å². The third kappa shape index (κ3) is 2.28. The molecule has 5 nitrogen and oxygen atoms in total. The topological polar surface area (TPSA) is 51.9 Å². The highest BCUT2D eigenvalue weighted by atomic mass is 16.5. The quantitative estimate of drug-likeness (QED) is 0.817. The minimum Gasteiger partial charge on any atom is -0.469 e. The summed E-state index contributed by atoms with van der Waals surface area (Å²) in [5.41, 5.74) is -0.158. The second kappa shape index (κ2) is 4.98. The van der Waals surface area contributed by atoms with Crippen molar-refractivity contribution in [1.82, 2.24) is 4.90 Å². The molecule has 1 aromatic heterocycles. The van der Waals surface area contributed by atoms with E-state index in [0.717, 1.165) is 13.0 Å². The van der Waals surface area contributed by atoms with Crippen molar-refractivity contribution < 1.29 is 18.7 Å². The van der Waals surface area contributed by atoms with Crippen molar-refractivity contribution in [3.05, 3.63) is 24.2 Å². The third-order valence-corrected chi connectivity index (χ3v) is 4.14. The Morgan fingerprint density at radius 3 is 3.11 bits per heavy atom. The normalized spacial score (nSPS) is 24.7. The summed E-state index contributed by atoms with van der Waals surface area (Å²) in [6.07, 6.45) is 2.95. The first-order valence-electron chi connectivity index (χ1n) is 6.66. The van der Waals surface area contributed by atoms with E-state index in [1.54, 1.807) is 19.4 Å². The molecule has 2 saturated heterocycles. The van der Waals surface area contributed by atoms with Gasteiger partial charge in [0.15, 0.2) is 0 Å². The first-order chi connectivity index (χ1) is 9.23. The maximum Gasteiger partial charge on any atom is 0.230 e. The monoisotopic (exact) mass is 265 g/mol. The fraction of sp³-hybridized carbons (Fsp3) is 0.643. The van der Waals surface area contributed by atoms with Gasteiger partial charge in [0.2, 0.25) is 5.91 Å². The van der Waals surface area contributed by atoms with E-state index in [-0.39, 0.29) is 11.5 Å². The molecule has 2 aliphatic rings. The SMILES string of the molecule is COC[C@@H]1CCOC12CN(C(=O)Cc1ccco1)C2. The van der Waals surface area contributed by atoms with Gasteiger partial charge >= 0.3 is 0 Å². The fourth-order valence-electron chi connectivity index (χ4n) is 3.02. The Bertz CT molecular complexity index is 436. The Balaban J connectivity index is 1.55. The Labute approximate surface area is 112 Å². The van der Waals surface area contributed by atoms with Crippen LogP contribution in [0.1, 0.15) is 12.2 Å². The highest BCUT2D eigenvalue weighted by Crippen LogP contribution is 2.40. The molecule has 0 bridgehead atoms. The minimum atomic E-state index is -0.158. The number of carbonyl (C=O) groups is 1. The maximum absolute atomic E-state index is 12.1. The van der Waals surface area contributed by atoms with E-state index in [9.17, 15) is 4.79 Å². The van der Waals surface area contributed by atoms with Crippen molar-refractivity contribution in [3.63, 3.8) is 0 Å². The van der Waals surface area contributed by atoms with Crippen LogP contribution in [0.25, 0.3) is 0 Å². The van der Waals surface area contributed by atoms with Gasteiger partial charge < -0.3 is 18.8 Å². The summed E-state index contributed by atoms with van der Waals surface area (Å²) in [5, 5.41) is 0. The van der Waals surface area contributed by atoms with Gasteiger partial charge in [-0.3, -0.25) is 4.79 Å². The van der Waals surface area contributed by atoms with Gasteiger partial charge in [-0.25, -0.2) is 0 Å². The molecule has 104 valence electrons. The molecule has 2 aliphatic heterocycles. The summed E-state index contributed by atoms with van der Waals surface area (Å²) in [7, 11) is 1.71. The van der Waals surface area contributed by atoms with Gasteiger partial charge in [-0.1, -0.05) is 0 Å². The van der Waals surface area contributed by atoms with Gasteiger partial charge in [-0.2, -0.15) is 0 Å². The van der Waals surface area contributed by atoms with Gasteiger partial charge in [0.05, 0.1) is 32.4 Å². The van der Waals surface area contributed by atoms with Crippen LogP contribution in [0.3, 0.4) is 0 Å². The van der Waals surface area contributed by atoms with Crippen molar-refractivity contribution in [2.45, 2.75) is 18.4 Å². The van der Waals surface area contributed by atoms with Gasteiger partial charge in [-0.05, 0) is 18.6 Å². The number of nitrogens with zero attached hydrogens (tertiary/aromatic N) is 1. The summed E-state index contributed by atoms with van der Waals surface area (Å²) >= 11 is 0. The van der Waals surface area contributed by atoms with Crippen LogP contribution in [0, 0.1) is 5.92 Å². The summed E-state index contributed by atoms with van der Waals surface area (Å²) in [4.78, 5) is 13.9. The molecule has 19 heavy (non-hydrogen) atoms. The average Bonchev–Trinajstić information content (AvgIpc) is 2.96. The summed E-state index contributed by atoms with van der Waals surface area (Å²) in [5.74, 6) is 1.23. The van der Waals surface area contributed by atoms with Gasteiger partial charge in [0, 0.05) is 19.6 Å². The van der Waals surface area contributed by atoms with Crippen molar-refractivity contribution in [2.24, 2.45) is 5.92 Å². The van der Waals surface area contributed by atoms with Crippen LogP contribution in [-0.2, 0) is 20.7 Å². The lowest BCUT2D eigenvalue weighted by Gasteiger charge is -2.50. The first-order valence-corrected chi connectivity index (χ1v) is 6.66. The van der Waals surface area contributed by atoms with E-state index in [1.165, 1.54) is 0 Å². The molecule has 3 rings (SSSR count). The number of hydrogen-bond donors (Lipinski definition) is 0. The second-order valence-corrected chi connectivity index (χ2v) is 5.36. The van der Waals surface area contributed by atoms with Gasteiger partial charge in [0.1, 0.15) is 11.4 Å². The Morgan fingerprint density at radius 1 is 1.58 bits per heavy atom. The molecule has 1 aromatic rings. The lowest BCUT2D eigenvalue weighted by molar-refractivity contribution is -0.167. The van der Waals surface area contributed by atoms with Crippen LogP contribution in [0.15, 0.2) is 22.8 Å². The molecule has 2 fully saturated rings. The van der Waals surface area contributed by atoms with E-state index < -0.39 is 0 Å². The number of rotatable bonds is 4. The van der Waals surface area contributed by atoms with Crippen LogP contribution in [-0.4, -0.2) is 49.8 Å². The molecule has 0 aromatic carbocycles. The van der Waals surface area contributed by atoms with Crippen LogP contribution in [0.4, 0.5) is 0 Å². The molecule has 0 aliphatic carbocycles. The number of hydrogen-bond acceptors (Lipinski definition) is 4. The highest BCUT2D eigenvalue weighted by Gasteiger charge is 2.54. The van der Waals surface area contributed by atoms with Gasteiger partial charge in [-0.15, -0.1) is 0 Å². The minimum absolute atomic E-state index is 0.104. The summed E-state index contributed by atoms with van der Waals surface area (Å²) in [6, 6.07) is 3.63.